The predicted molar refractivity (Wildman–Crippen MR) is 115 cm³/mol. The molecule has 0 aliphatic heterocycles. The largest absolute Gasteiger partial charge is 0.464 e. The molecule has 0 atom stereocenters. The molecule has 2 radical (unpaired) electrons. The van der Waals surface area contributed by atoms with Crippen LogP contribution in [0.15, 0.2) is 0 Å². The molecule has 0 fully saturated rings. The Kier molecular flexibility index (Phi) is 19.9. The standard InChI is InChI=1S/C22H48NO2Si/c1-5-7-8-9-10-11-12-13-14-15-16-17-18-19-20-21-22-23(24-3,25-4)26-6-2/h5-22H2,1-4H3/q+1. The lowest BCUT2D eigenvalue weighted by Gasteiger charge is -2.29. The molecule has 0 aliphatic rings. The van der Waals surface area contributed by atoms with Crippen molar-refractivity contribution >= 4 is 9.68 Å². The molecular formula is C22H48NO2Si+. The van der Waals surface area contributed by atoms with Gasteiger partial charge in [-0.25, -0.2) is 0 Å². The third-order valence-corrected chi connectivity index (χ3v) is 6.68. The molecule has 3 nitrogen and oxygen atoms in total. The molecular weight excluding hydrogens is 338 g/mol. The molecule has 0 aromatic carbocycles. The van der Waals surface area contributed by atoms with Gasteiger partial charge in [-0.1, -0.05) is 108 Å². The average Bonchev–Trinajstić information content (AvgIpc) is 2.66. The Morgan fingerprint density at radius 3 is 1.19 bits per heavy atom. The summed E-state index contributed by atoms with van der Waals surface area (Å²) in [5.74, 6) is 0. The Hall–Kier alpha value is 0.0969. The van der Waals surface area contributed by atoms with Crippen molar-refractivity contribution < 1.29 is 14.2 Å². The van der Waals surface area contributed by atoms with Crippen LogP contribution in [0.3, 0.4) is 0 Å². The van der Waals surface area contributed by atoms with Crippen LogP contribution in [0.25, 0.3) is 0 Å². The summed E-state index contributed by atoms with van der Waals surface area (Å²) in [7, 11) is 4.21. The molecule has 0 amide bonds. The molecule has 0 unspecified atom stereocenters. The van der Waals surface area contributed by atoms with Gasteiger partial charge in [-0.05, 0) is 6.42 Å². The average molecular weight is 387 g/mol. The first kappa shape index (κ1) is 26.1. The summed E-state index contributed by atoms with van der Waals surface area (Å²) in [6.45, 7) is 5.47. The number of hydrogen-bond donors (Lipinski definition) is 0. The van der Waals surface area contributed by atoms with Gasteiger partial charge in [0.2, 0.25) is 0 Å². The van der Waals surface area contributed by atoms with E-state index in [0.29, 0.717) is 14.2 Å². The molecule has 0 heterocycles. The highest BCUT2D eigenvalue weighted by molar-refractivity contribution is 6.25. The first-order chi connectivity index (χ1) is 12.7. The third kappa shape index (κ3) is 15.2. The van der Waals surface area contributed by atoms with Crippen LogP contribution in [0.5, 0.6) is 0 Å². The third-order valence-electron chi connectivity index (χ3n) is 5.29. The van der Waals surface area contributed by atoms with Crippen LogP contribution >= 0.6 is 0 Å². The minimum absolute atomic E-state index is 0.384. The van der Waals surface area contributed by atoms with E-state index in [1.165, 1.54) is 103 Å². The van der Waals surface area contributed by atoms with Crippen molar-refractivity contribution in [2.24, 2.45) is 0 Å². The summed E-state index contributed by atoms with van der Waals surface area (Å²) in [4.78, 5) is 11.2. The molecule has 0 aromatic rings. The molecule has 156 valence electrons. The zero-order valence-corrected chi connectivity index (χ0v) is 19.5. The van der Waals surface area contributed by atoms with Gasteiger partial charge in [0, 0.05) is 12.5 Å². The lowest BCUT2D eigenvalue weighted by molar-refractivity contribution is -1.17. The van der Waals surface area contributed by atoms with E-state index in [1.807, 2.05) is 0 Å². The predicted octanol–water partition coefficient (Wildman–Crippen LogP) is 7.24. The molecule has 0 aliphatic carbocycles. The van der Waals surface area contributed by atoms with E-state index in [4.69, 9.17) is 9.68 Å². The van der Waals surface area contributed by atoms with Gasteiger partial charge >= 0.3 is 9.68 Å². The first-order valence-corrected chi connectivity index (χ1v) is 12.6. The van der Waals surface area contributed by atoms with Gasteiger partial charge in [-0.3, -0.25) is 0 Å². The van der Waals surface area contributed by atoms with Gasteiger partial charge in [0.15, 0.2) is 0 Å². The van der Waals surface area contributed by atoms with E-state index in [-0.39, 0.29) is 0 Å². The van der Waals surface area contributed by atoms with Crippen molar-refractivity contribution in [3.05, 3.63) is 0 Å². The summed E-state index contributed by atoms with van der Waals surface area (Å²) < 4.78 is 0.384. The van der Waals surface area contributed by atoms with Crippen molar-refractivity contribution in [2.75, 3.05) is 20.8 Å². The quantitative estimate of drug-likeness (QED) is 0.117. The molecule has 0 N–H and O–H groups in total. The zero-order valence-electron chi connectivity index (χ0n) is 18.5. The number of unbranched alkanes of at least 4 members (excludes halogenated alkanes) is 15. The molecule has 0 saturated heterocycles. The maximum Gasteiger partial charge on any atom is 0.464 e. The molecule has 26 heavy (non-hydrogen) atoms. The Balaban J connectivity index is 3.29. The van der Waals surface area contributed by atoms with E-state index in [2.05, 4.69) is 13.8 Å². The number of hydrogen-bond acceptors (Lipinski definition) is 2. The number of rotatable bonds is 21. The van der Waals surface area contributed by atoms with E-state index in [1.54, 1.807) is 14.2 Å². The van der Waals surface area contributed by atoms with Gasteiger partial charge in [0.25, 0.3) is 0 Å². The van der Waals surface area contributed by atoms with Crippen LogP contribution in [0.2, 0.25) is 6.04 Å². The fraction of sp³-hybridized carbons (Fsp3) is 1.00. The van der Waals surface area contributed by atoms with Gasteiger partial charge in [-0.2, -0.15) is 9.68 Å². The van der Waals surface area contributed by atoms with Crippen LogP contribution in [-0.2, 0) is 9.68 Å². The van der Waals surface area contributed by atoms with E-state index in [0.717, 1.165) is 12.6 Å². The topological polar surface area (TPSA) is 18.5 Å². The zero-order chi connectivity index (χ0) is 19.3. The monoisotopic (exact) mass is 386 g/mol. The summed E-state index contributed by atoms with van der Waals surface area (Å²) in [6, 6.07) is 1.11. The van der Waals surface area contributed by atoms with Crippen LogP contribution in [0.4, 0.5) is 0 Å². The van der Waals surface area contributed by atoms with E-state index < -0.39 is 0 Å². The second kappa shape index (κ2) is 19.8. The molecule has 0 bridgehead atoms. The smallest absolute Gasteiger partial charge is 0.191 e. The second-order valence-electron chi connectivity index (χ2n) is 7.58. The normalized spacial score (nSPS) is 12.0. The van der Waals surface area contributed by atoms with Crippen LogP contribution in [0, 0.1) is 0 Å². The Bertz CT molecular complexity index is 273. The molecule has 4 heteroatoms. The number of quaternary nitrogens is 1. The van der Waals surface area contributed by atoms with Gasteiger partial charge in [0.05, 0.1) is 14.2 Å². The highest BCUT2D eigenvalue weighted by Crippen LogP contribution is 2.15. The Morgan fingerprint density at radius 1 is 0.538 bits per heavy atom. The SMILES string of the molecule is CCCCCCCCCCCCCCCCCC[N+](OC)(OC)[Si]CC. The number of nitrogens with zero attached hydrogens (tertiary/aromatic N) is 1. The minimum atomic E-state index is 0.384. The van der Waals surface area contributed by atoms with Crippen molar-refractivity contribution in [3.8, 4) is 0 Å². The molecule has 0 aromatic heterocycles. The lowest BCUT2D eigenvalue weighted by atomic mass is 10.0. The number of hydroxylamine groups is 2. The highest BCUT2D eigenvalue weighted by Gasteiger charge is 2.30. The van der Waals surface area contributed by atoms with Crippen molar-refractivity contribution in [1.29, 1.82) is 0 Å². The highest BCUT2D eigenvalue weighted by atomic mass is 28.2. The Labute approximate surface area is 167 Å². The summed E-state index contributed by atoms with van der Waals surface area (Å²) in [5, 5.41) is 0. The first-order valence-electron chi connectivity index (χ1n) is 11.5. The molecule has 0 rings (SSSR count). The summed E-state index contributed by atoms with van der Waals surface area (Å²) in [5.41, 5.74) is 0. The van der Waals surface area contributed by atoms with Crippen molar-refractivity contribution in [2.45, 2.75) is 123 Å². The Morgan fingerprint density at radius 2 is 0.885 bits per heavy atom. The minimum Gasteiger partial charge on any atom is -0.191 e. The molecule has 0 spiro atoms. The fourth-order valence-corrected chi connectivity index (χ4v) is 4.63. The second-order valence-corrected chi connectivity index (χ2v) is 9.28. The summed E-state index contributed by atoms with van der Waals surface area (Å²) >= 11 is 0. The van der Waals surface area contributed by atoms with Gasteiger partial charge in [-0.15, -0.1) is 0 Å². The van der Waals surface area contributed by atoms with E-state index in [9.17, 15) is 0 Å². The lowest BCUT2D eigenvalue weighted by Crippen LogP contribution is -2.49. The summed E-state index contributed by atoms with van der Waals surface area (Å²) in [6.07, 6.45) is 22.6. The maximum absolute atomic E-state index is 5.58. The molecule has 0 saturated carbocycles. The van der Waals surface area contributed by atoms with E-state index >= 15 is 0 Å². The van der Waals surface area contributed by atoms with Gasteiger partial charge in [0.1, 0.15) is 6.54 Å². The van der Waals surface area contributed by atoms with Gasteiger partial charge < -0.3 is 0 Å². The fourth-order valence-electron chi connectivity index (χ4n) is 3.57. The van der Waals surface area contributed by atoms with Crippen molar-refractivity contribution in [3.63, 3.8) is 0 Å². The maximum atomic E-state index is 5.58. The van der Waals surface area contributed by atoms with Crippen LogP contribution < -0.4 is 0 Å². The van der Waals surface area contributed by atoms with Crippen LogP contribution in [-0.4, -0.2) is 34.9 Å². The van der Waals surface area contributed by atoms with Crippen LogP contribution in [0.1, 0.15) is 117 Å². The van der Waals surface area contributed by atoms with Crippen molar-refractivity contribution in [1.82, 2.24) is 0 Å².